The molecule has 3 aromatic carbocycles. The molecule has 36 heavy (non-hydrogen) atoms. The van der Waals surface area contributed by atoms with Crippen molar-refractivity contribution in [3.8, 4) is 16.9 Å². The molecule has 0 aliphatic heterocycles. The van der Waals surface area contributed by atoms with Crippen LogP contribution < -0.4 is 14.6 Å². The zero-order valence-corrected chi connectivity index (χ0v) is 20.6. The van der Waals surface area contributed by atoms with Gasteiger partial charge in [-0.25, -0.2) is 10.5 Å². The van der Waals surface area contributed by atoms with Crippen LogP contribution in [0.25, 0.3) is 11.1 Å². The number of halogens is 3. The molecule has 0 atom stereocenters. The summed E-state index contributed by atoms with van der Waals surface area (Å²) < 4.78 is 72.9. The predicted molar refractivity (Wildman–Crippen MR) is 127 cm³/mol. The van der Waals surface area contributed by atoms with Crippen molar-refractivity contribution in [1.82, 2.24) is 10.5 Å². The second kappa shape index (κ2) is 10.2. The van der Waals surface area contributed by atoms with Gasteiger partial charge in [0, 0.05) is 14.1 Å². The molecule has 0 aliphatic rings. The summed E-state index contributed by atoms with van der Waals surface area (Å²) in [5.74, 6) is -0.606. The Labute approximate surface area is 206 Å². The molecule has 0 spiro atoms. The lowest BCUT2D eigenvalue weighted by Crippen LogP contribution is -2.43. The lowest BCUT2D eigenvalue weighted by Gasteiger charge is -2.32. The molecule has 0 aromatic heterocycles. The maximum absolute atomic E-state index is 13.6. The van der Waals surface area contributed by atoms with Crippen LogP contribution >= 0.6 is 0 Å². The van der Waals surface area contributed by atoms with Gasteiger partial charge in [0.1, 0.15) is 5.75 Å². The fourth-order valence-corrected chi connectivity index (χ4v) is 5.28. The van der Waals surface area contributed by atoms with Gasteiger partial charge in [0.2, 0.25) is 0 Å². The standard InChI is InChI=1S/C24H24F3N3O5S/c1-15-12-17(16-6-5-7-18(13-16)24(25,26)27)14-21(23(31)28-32)22(15)30(29(2)3)36(33,34)20-10-8-19(35-4)9-11-20/h5-14,32H,1-4H3,(H,28,31). The van der Waals surface area contributed by atoms with Gasteiger partial charge in [-0.05, 0) is 72.1 Å². The van der Waals surface area contributed by atoms with Gasteiger partial charge in [0.15, 0.2) is 0 Å². The average molecular weight is 524 g/mol. The molecule has 192 valence electrons. The summed E-state index contributed by atoms with van der Waals surface area (Å²) in [6.07, 6.45) is -4.58. The number of alkyl halides is 3. The smallest absolute Gasteiger partial charge is 0.416 e. The molecular formula is C24H24F3N3O5S. The zero-order valence-electron chi connectivity index (χ0n) is 19.8. The van der Waals surface area contributed by atoms with Crippen LogP contribution in [0.2, 0.25) is 0 Å². The molecule has 0 unspecified atom stereocenters. The Kier molecular flexibility index (Phi) is 7.62. The largest absolute Gasteiger partial charge is 0.497 e. The summed E-state index contributed by atoms with van der Waals surface area (Å²) in [5.41, 5.74) is 0.888. The number of rotatable bonds is 7. The Balaban J connectivity index is 2.25. The van der Waals surface area contributed by atoms with Gasteiger partial charge in [0.05, 0.1) is 28.8 Å². The lowest BCUT2D eigenvalue weighted by atomic mass is 9.96. The Morgan fingerprint density at radius 1 is 1.00 bits per heavy atom. The SMILES string of the molecule is COc1ccc(S(=O)(=O)N(c2c(C)cc(-c3cccc(C(F)(F)F)c3)cc2C(=O)NO)N(C)C)cc1. The highest BCUT2D eigenvalue weighted by Gasteiger charge is 2.33. The molecule has 0 aliphatic carbocycles. The van der Waals surface area contributed by atoms with Crippen molar-refractivity contribution in [1.29, 1.82) is 0 Å². The number of anilines is 1. The fourth-order valence-electron chi connectivity index (χ4n) is 3.69. The number of ether oxygens (including phenoxy) is 1. The summed E-state index contributed by atoms with van der Waals surface area (Å²) >= 11 is 0. The first-order valence-electron chi connectivity index (χ1n) is 10.4. The Morgan fingerprint density at radius 2 is 1.64 bits per heavy atom. The topological polar surface area (TPSA) is 99.2 Å². The molecule has 0 saturated heterocycles. The lowest BCUT2D eigenvalue weighted by molar-refractivity contribution is -0.137. The number of methoxy groups -OCH3 is 1. The molecule has 12 heteroatoms. The number of benzene rings is 3. The van der Waals surface area contributed by atoms with E-state index in [4.69, 9.17) is 4.74 Å². The van der Waals surface area contributed by atoms with Crippen LogP contribution in [0.15, 0.2) is 65.6 Å². The van der Waals surface area contributed by atoms with Gasteiger partial charge < -0.3 is 4.74 Å². The first kappa shape index (κ1) is 27.0. The number of carbonyl (C=O) groups excluding carboxylic acids is 1. The average Bonchev–Trinajstić information content (AvgIpc) is 2.83. The van der Waals surface area contributed by atoms with E-state index >= 15 is 0 Å². The van der Waals surface area contributed by atoms with E-state index in [2.05, 4.69) is 0 Å². The Hall–Kier alpha value is -3.61. The predicted octanol–water partition coefficient (Wildman–Crippen LogP) is 4.48. The van der Waals surface area contributed by atoms with Crippen LogP contribution in [-0.4, -0.2) is 45.7 Å². The van der Waals surface area contributed by atoms with Crippen molar-refractivity contribution in [3.63, 3.8) is 0 Å². The normalized spacial score (nSPS) is 11.9. The Bertz CT molecular complexity index is 1370. The third-order valence-electron chi connectivity index (χ3n) is 5.31. The third-order valence-corrected chi connectivity index (χ3v) is 7.14. The number of nitrogens with zero attached hydrogens (tertiary/aromatic N) is 2. The van der Waals surface area contributed by atoms with Crippen molar-refractivity contribution in [2.24, 2.45) is 0 Å². The molecule has 0 bridgehead atoms. The number of amides is 1. The van der Waals surface area contributed by atoms with E-state index in [1.165, 1.54) is 87.1 Å². The van der Waals surface area contributed by atoms with Crippen molar-refractivity contribution in [3.05, 3.63) is 77.4 Å². The molecule has 3 rings (SSSR count). The molecule has 2 N–H and O–H groups in total. The van der Waals surface area contributed by atoms with Crippen LogP contribution in [0.1, 0.15) is 21.5 Å². The minimum atomic E-state index is -4.58. The van der Waals surface area contributed by atoms with E-state index in [0.29, 0.717) is 5.75 Å². The maximum Gasteiger partial charge on any atom is 0.416 e. The van der Waals surface area contributed by atoms with Crippen LogP contribution in [-0.2, 0) is 16.2 Å². The fraction of sp³-hybridized carbons (Fsp3) is 0.208. The molecule has 1 amide bonds. The summed E-state index contributed by atoms with van der Waals surface area (Å²) in [4.78, 5) is 12.6. The van der Waals surface area contributed by atoms with Crippen molar-refractivity contribution >= 4 is 21.6 Å². The first-order valence-corrected chi connectivity index (χ1v) is 11.9. The number of sulfonamides is 1. The molecule has 0 saturated carbocycles. The number of hydrogen-bond acceptors (Lipinski definition) is 6. The van der Waals surface area contributed by atoms with Gasteiger partial charge in [-0.3, -0.25) is 10.0 Å². The van der Waals surface area contributed by atoms with Crippen molar-refractivity contribution in [2.75, 3.05) is 25.6 Å². The van der Waals surface area contributed by atoms with E-state index in [1.807, 2.05) is 0 Å². The highest BCUT2D eigenvalue weighted by molar-refractivity contribution is 7.92. The van der Waals surface area contributed by atoms with Crippen LogP contribution in [0.3, 0.4) is 0 Å². The van der Waals surface area contributed by atoms with E-state index < -0.39 is 27.7 Å². The summed E-state index contributed by atoms with van der Waals surface area (Å²) in [6, 6.07) is 12.8. The number of carbonyl (C=O) groups is 1. The maximum atomic E-state index is 13.6. The van der Waals surface area contributed by atoms with E-state index in [0.717, 1.165) is 16.5 Å². The number of hydroxylamine groups is 1. The number of aryl methyl sites for hydroxylation is 1. The number of hydrazine groups is 1. The molecule has 0 radical (unpaired) electrons. The highest BCUT2D eigenvalue weighted by Crippen LogP contribution is 2.37. The van der Waals surface area contributed by atoms with Crippen LogP contribution in [0.4, 0.5) is 18.9 Å². The molecule has 0 fully saturated rings. The minimum Gasteiger partial charge on any atom is -0.497 e. The van der Waals surface area contributed by atoms with Crippen molar-refractivity contribution in [2.45, 2.75) is 18.0 Å². The Morgan fingerprint density at radius 3 is 2.17 bits per heavy atom. The summed E-state index contributed by atoms with van der Waals surface area (Å²) in [7, 11) is 0.0525. The highest BCUT2D eigenvalue weighted by atomic mass is 32.2. The first-order chi connectivity index (χ1) is 16.8. The second-order valence-electron chi connectivity index (χ2n) is 7.98. The van der Waals surface area contributed by atoms with E-state index in [1.54, 1.807) is 0 Å². The van der Waals surface area contributed by atoms with Crippen LogP contribution in [0.5, 0.6) is 5.75 Å². The summed E-state index contributed by atoms with van der Waals surface area (Å²) in [6.45, 7) is 1.51. The van der Waals surface area contributed by atoms with Gasteiger partial charge in [-0.2, -0.15) is 26.0 Å². The minimum absolute atomic E-state index is 0.0851. The molecule has 3 aromatic rings. The van der Waals surface area contributed by atoms with Gasteiger partial charge >= 0.3 is 6.18 Å². The van der Waals surface area contributed by atoms with Gasteiger partial charge in [0.25, 0.3) is 15.9 Å². The molecule has 8 nitrogen and oxygen atoms in total. The molecule has 0 heterocycles. The van der Waals surface area contributed by atoms with Gasteiger partial charge in [-0.1, -0.05) is 12.1 Å². The summed E-state index contributed by atoms with van der Waals surface area (Å²) in [5, 5.41) is 10.6. The van der Waals surface area contributed by atoms with E-state index in [-0.39, 0.29) is 32.8 Å². The number of hydrogen-bond donors (Lipinski definition) is 2. The number of nitrogens with one attached hydrogen (secondary N) is 1. The van der Waals surface area contributed by atoms with Crippen LogP contribution in [0, 0.1) is 6.92 Å². The van der Waals surface area contributed by atoms with Gasteiger partial charge in [-0.15, -0.1) is 0 Å². The van der Waals surface area contributed by atoms with E-state index in [9.17, 15) is 31.6 Å². The molecular weight excluding hydrogens is 499 g/mol. The zero-order chi connectivity index (χ0) is 26.8. The third kappa shape index (κ3) is 5.30. The monoisotopic (exact) mass is 523 g/mol. The van der Waals surface area contributed by atoms with Crippen molar-refractivity contribution < 1.29 is 36.3 Å². The second-order valence-corrected chi connectivity index (χ2v) is 9.75. The quantitative estimate of drug-likeness (QED) is 0.350.